The summed E-state index contributed by atoms with van der Waals surface area (Å²) in [7, 11) is -3.51. The Morgan fingerprint density at radius 3 is 1.88 bits per heavy atom. The molecule has 192 valence electrons. The normalized spacial score (nSPS) is 22.0. The van der Waals surface area contributed by atoms with E-state index in [0.29, 0.717) is 32.4 Å². The van der Waals surface area contributed by atoms with Crippen LogP contribution in [0.25, 0.3) is 10.4 Å². The number of carbonyl (C=O) groups is 4. The number of azide groups is 1. The molecule has 2 aliphatic heterocycles. The quantitative estimate of drug-likeness (QED) is 0.162. The molecule has 0 aliphatic carbocycles. The van der Waals surface area contributed by atoms with Crippen molar-refractivity contribution in [2.24, 2.45) is 28.4 Å². The van der Waals surface area contributed by atoms with Gasteiger partial charge in [-0.15, -0.1) is 0 Å². The monoisotopic (exact) mass is 503 g/mol. The van der Waals surface area contributed by atoms with E-state index in [2.05, 4.69) is 14.2 Å². The average molecular weight is 504 g/mol. The first-order chi connectivity index (χ1) is 15.8. The van der Waals surface area contributed by atoms with Gasteiger partial charge in [-0.3, -0.25) is 23.4 Å². The lowest BCUT2D eigenvalue weighted by Crippen LogP contribution is -2.45. The number of rotatable bonds is 11. The predicted octanol–water partition coefficient (Wildman–Crippen LogP) is -0.516. The van der Waals surface area contributed by atoms with Crippen LogP contribution in [-0.2, 0) is 33.5 Å². The number of amides is 4. The lowest BCUT2D eigenvalue weighted by Gasteiger charge is -2.24. The van der Waals surface area contributed by atoms with E-state index in [1.165, 1.54) is 9.80 Å². The Labute approximate surface area is 198 Å². The average Bonchev–Trinajstić information content (AvgIpc) is 3.28. The first-order valence-corrected chi connectivity index (χ1v) is 12.7. The van der Waals surface area contributed by atoms with E-state index in [1.54, 1.807) is 6.92 Å². The van der Waals surface area contributed by atoms with Gasteiger partial charge in [0.1, 0.15) is 12.1 Å². The highest BCUT2D eigenvalue weighted by Gasteiger charge is 2.37. The van der Waals surface area contributed by atoms with Gasteiger partial charge in [0.05, 0.1) is 12.9 Å². The second-order valence-corrected chi connectivity index (χ2v) is 9.93. The summed E-state index contributed by atoms with van der Waals surface area (Å²) in [6.45, 7) is 4.56. The third kappa shape index (κ3) is 8.80. The Kier molecular flexibility index (Phi) is 11.2. The van der Waals surface area contributed by atoms with Crippen molar-refractivity contribution in [2.75, 3.05) is 32.5 Å². The molecular formula is C19H33N7O7S. The maximum Gasteiger partial charge on any atom is 0.264 e. The van der Waals surface area contributed by atoms with Crippen LogP contribution < -0.4 is 11.5 Å². The first kappa shape index (κ1) is 29.1. The molecule has 2 saturated heterocycles. The van der Waals surface area contributed by atoms with Gasteiger partial charge >= 0.3 is 0 Å². The molecule has 4 atom stereocenters. The second kappa shape index (κ2) is 13.1. The van der Waals surface area contributed by atoms with Crippen LogP contribution in [0.5, 0.6) is 0 Å². The Hall–Kier alpha value is -2.90. The molecule has 2 rings (SSSR count). The molecule has 0 aromatic heterocycles. The standard InChI is InChI=1S/C10H18N2O5S.C9H15N5O2/c1-3-8(10(11)14)12-5-7(4-9(12)13)6-17-18(2,15)16;1-2-7(9(10)16)14-5-6(3-8(14)15)4-12-13-11/h7-8H,3-6H2,1-2H3,(H2,11,14);6-7H,2-5H2,1H3,(H2,10,16)/t7?,8-;6?,7-/m00/s1. The third-order valence-corrected chi connectivity index (χ3v) is 6.14. The predicted molar refractivity (Wildman–Crippen MR) is 121 cm³/mol. The minimum absolute atomic E-state index is 0.00296. The van der Waals surface area contributed by atoms with Crippen LogP contribution in [0, 0.1) is 11.8 Å². The fourth-order valence-electron chi connectivity index (χ4n) is 3.98. The second-order valence-electron chi connectivity index (χ2n) is 8.29. The molecule has 4 N–H and O–H groups in total. The Morgan fingerprint density at radius 1 is 1.06 bits per heavy atom. The van der Waals surface area contributed by atoms with Crippen LogP contribution >= 0.6 is 0 Å². The SMILES string of the molecule is CC[C@@H](C(N)=O)N1CC(CN=[N+]=[N-])CC1=O.CC[C@@H](C(N)=O)N1CC(COS(C)(=O)=O)CC1=O. The smallest absolute Gasteiger partial charge is 0.264 e. The van der Waals surface area contributed by atoms with Gasteiger partial charge in [0.25, 0.3) is 10.1 Å². The minimum Gasteiger partial charge on any atom is -0.368 e. The van der Waals surface area contributed by atoms with Crippen molar-refractivity contribution in [1.82, 2.24) is 9.80 Å². The summed E-state index contributed by atoms with van der Waals surface area (Å²) in [5.74, 6) is -1.54. The molecule has 2 aliphatic rings. The van der Waals surface area contributed by atoms with Gasteiger partial charge in [0.15, 0.2) is 0 Å². The number of nitrogens with two attached hydrogens (primary N) is 2. The summed E-state index contributed by atoms with van der Waals surface area (Å²) >= 11 is 0. The van der Waals surface area contributed by atoms with Crippen molar-refractivity contribution in [1.29, 1.82) is 0 Å². The number of likely N-dealkylation sites (tertiary alicyclic amines) is 2. The minimum atomic E-state index is -3.51. The molecule has 2 fully saturated rings. The van der Waals surface area contributed by atoms with Gasteiger partial charge in [-0.1, -0.05) is 19.0 Å². The summed E-state index contributed by atoms with van der Waals surface area (Å²) in [4.78, 5) is 51.2. The van der Waals surface area contributed by atoms with E-state index in [0.717, 1.165) is 6.26 Å². The van der Waals surface area contributed by atoms with E-state index in [-0.39, 0.29) is 43.2 Å². The number of nitrogens with zero attached hydrogens (tertiary/aromatic N) is 5. The zero-order valence-corrected chi connectivity index (χ0v) is 20.4. The van der Waals surface area contributed by atoms with Crippen molar-refractivity contribution in [3.63, 3.8) is 0 Å². The van der Waals surface area contributed by atoms with Crippen LogP contribution in [0.2, 0.25) is 0 Å². The van der Waals surface area contributed by atoms with Crippen LogP contribution in [0.15, 0.2) is 5.11 Å². The zero-order chi connectivity index (χ0) is 26.1. The first-order valence-electron chi connectivity index (χ1n) is 10.9. The van der Waals surface area contributed by atoms with Crippen molar-refractivity contribution in [3.8, 4) is 0 Å². The van der Waals surface area contributed by atoms with E-state index in [9.17, 15) is 27.6 Å². The molecule has 2 heterocycles. The Morgan fingerprint density at radius 2 is 1.50 bits per heavy atom. The highest BCUT2D eigenvalue weighted by molar-refractivity contribution is 7.85. The summed E-state index contributed by atoms with van der Waals surface area (Å²) in [5, 5.41) is 3.44. The van der Waals surface area contributed by atoms with Gasteiger partial charge in [0, 0.05) is 43.3 Å². The molecular weight excluding hydrogens is 470 g/mol. The van der Waals surface area contributed by atoms with Gasteiger partial charge < -0.3 is 21.3 Å². The highest BCUT2D eigenvalue weighted by Crippen LogP contribution is 2.23. The van der Waals surface area contributed by atoms with Crippen molar-refractivity contribution >= 4 is 33.7 Å². The number of primary amides is 2. The topological polar surface area (TPSA) is 219 Å². The number of hydrogen-bond acceptors (Lipinski definition) is 8. The molecule has 34 heavy (non-hydrogen) atoms. The lowest BCUT2D eigenvalue weighted by molar-refractivity contribution is -0.136. The van der Waals surface area contributed by atoms with Gasteiger partial charge in [-0.05, 0) is 24.3 Å². The highest BCUT2D eigenvalue weighted by atomic mass is 32.2. The van der Waals surface area contributed by atoms with Crippen LogP contribution in [0.1, 0.15) is 39.5 Å². The molecule has 0 bridgehead atoms. The van der Waals surface area contributed by atoms with Gasteiger partial charge in [-0.25, -0.2) is 0 Å². The van der Waals surface area contributed by atoms with Crippen LogP contribution in [-0.4, -0.2) is 86.4 Å². The molecule has 0 spiro atoms. The molecule has 0 radical (unpaired) electrons. The molecule has 15 heteroatoms. The molecule has 0 saturated carbocycles. The zero-order valence-electron chi connectivity index (χ0n) is 19.6. The fourth-order valence-corrected chi connectivity index (χ4v) is 4.42. The van der Waals surface area contributed by atoms with Gasteiger partial charge in [-0.2, -0.15) is 8.42 Å². The third-order valence-electron chi connectivity index (χ3n) is 5.58. The molecule has 0 aromatic carbocycles. The largest absolute Gasteiger partial charge is 0.368 e. The van der Waals surface area contributed by atoms with Crippen molar-refractivity contribution < 1.29 is 31.8 Å². The Bertz CT molecular complexity index is 920. The van der Waals surface area contributed by atoms with E-state index in [1.807, 2.05) is 6.92 Å². The van der Waals surface area contributed by atoms with E-state index >= 15 is 0 Å². The van der Waals surface area contributed by atoms with E-state index < -0.39 is 34.0 Å². The maximum absolute atomic E-state index is 11.7. The van der Waals surface area contributed by atoms with Crippen molar-refractivity contribution in [3.05, 3.63) is 10.4 Å². The summed E-state index contributed by atoms with van der Waals surface area (Å²) in [5.41, 5.74) is 18.6. The molecule has 0 aromatic rings. The molecule has 2 unspecified atom stereocenters. The van der Waals surface area contributed by atoms with Gasteiger partial charge in [0.2, 0.25) is 23.6 Å². The molecule has 14 nitrogen and oxygen atoms in total. The maximum atomic E-state index is 11.7. The summed E-state index contributed by atoms with van der Waals surface area (Å²) in [6.07, 6.45) is 2.41. The lowest BCUT2D eigenvalue weighted by atomic mass is 10.1. The number of carbonyl (C=O) groups excluding carboxylic acids is 4. The molecule has 4 amide bonds. The van der Waals surface area contributed by atoms with Crippen LogP contribution in [0.3, 0.4) is 0 Å². The summed E-state index contributed by atoms with van der Waals surface area (Å²) in [6, 6.07) is -1.16. The van der Waals surface area contributed by atoms with E-state index in [4.69, 9.17) is 17.0 Å². The number of hydrogen-bond donors (Lipinski definition) is 2. The van der Waals surface area contributed by atoms with Crippen molar-refractivity contribution in [2.45, 2.75) is 51.6 Å². The van der Waals surface area contributed by atoms with Crippen LogP contribution in [0.4, 0.5) is 0 Å². The summed E-state index contributed by atoms with van der Waals surface area (Å²) < 4.78 is 26.4. The Balaban J connectivity index is 0.000000342. The fraction of sp³-hybridized carbons (Fsp3) is 0.789.